The zero-order valence-corrected chi connectivity index (χ0v) is 27.1. The Labute approximate surface area is 288 Å². The van der Waals surface area contributed by atoms with Crippen LogP contribution >= 0.6 is 0 Å². The Morgan fingerprint density at radius 2 is 0.980 bits per heavy atom. The van der Waals surface area contributed by atoms with Crippen LogP contribution in [0.2, 0.25) is 0 Å². The summed E-state index contributed by atoms with van der Waals surface area (Å²) in [5.74, 6) is 0.563. The summed E-state index contributed by atoms with van der Waals surface area (Å²) < 4.78 is 11.0. The minimum atomic E-state index is -0.415. The molecule has 0 aliphatic heterocycles. The van der Waals surface area contributed by atoms with E-state index in [4.69, 9.17) is 8.83 Å². The van der Waals surface area contributed by atoms with Gasteiger partial charge in [-0.2, -0.15) is 10.2 Å². The van der Waals surface area contributed by atoms with Crippen LogP contribution in [0.1, 0.15) is 46.6 Å². The number of amides is 2. The van der Waals surface area contributed by atoms with E-state index in [1.165, 1.54) is 0 Å². The second kappa shape index (κ2) is 14.2. The fourth-order valence-corrected chi connectivity index (χ4v) is 4.80. The molecule has 13 heteroatoms. The van der Waals surface area contributed by atoms with Gasteiger partial charge in [0.05, 0.1) is 11.4 Å². The minimum Gasteiger partial charge on any atom is -0.451 e. The predicted molar refractivity (Wildman–Crippen MR) is 182 cm³/mol. The molecule has 1 radical (unpaired) electrons. The van der Waals surface area contributed by atoms with Crippen LogP contribution in [0.5, 0.6) is 0 Å². The number of hydrazone groups is 2. The molecule has 0 unspecified atom stereocenters. The summed E-state index contributed by atoms with van der Waals surface area (Å²) in [6.45, 7) is 3.49. The second-order valence-electron chi connectivity index (χ2n) is 10.6. The Balaban J connectivity index is 0.000000167. The van der Waals surface area contributed by atoms with Gasteiger partial charge in [0.1, 0.15) is 11.2 Å². The van der Waals surface area contributed by atoms with E-state index in [9.17, 15) is 9.59 Å². The summed E-state index contributed by atoms with van der Waals surface area (Å²) >= 11 is 0. The number of para-hydroxylation sites is 6. The maximum absolute atomic E-state index is 12.2. The number of benzene rings is 4. The van der Waals surface area contributed by atoms with Crippen molar-refractivity contribution in [1.29, 1.82) is 0 Å². The van der Waals surface area contributed by atoms with Crippen molar-refractivity contribution in [3.05, 3.63) is 132 Å². The molecule has 0 spiro atoms. The summed E-state index contributed by atoms with van der Waals surface area (Å²) in [6, 6.07) is 33.4. The summed E-state index contributed by atoms with van der Waals surface area (Å²) in [6.07, 6.45) is 0. The van der Waals surface area contributed by atoms with Crippen molar-refractivity contribution in [3.8, 4) is 0 Å². The first-order valence-electron chi connectivity index (χ1n) is 14.9. The third-order valence-electron chi connectivity index (χ3n) is 7.27. The van der Waals surface area contributed by atoms with Gasteiger partial charge in [-0.1, -0.05) is 84.9 Å². The van der Waals surface area contributed by atoms with Crippen molar-refractivity contribution < 1.29 is 35.2 Å². The number of hydrogen-bond donors (Lipinski definition) is 2. The van der Waals surface area contributed by atoms with Gasteiger partial charge in [-0.3, -0.25) is 9.59 Å². The number of hydrogen-bond acceptors (Lipinski definition) is 8. The number of fused-ring (bicyclic) bond motifs is 4. The summed E-state index contributed by atoms with van der Waals surface area (Å²) in [4.78, 5) is 41.9. The monoisotopic (exact) mass is 693 g/mol. The molecule has 8 rings (SSSR count). The van der Waals surface area contributed by atoms with Crippen molar-refractivity contribution >= 4 is 67.2 Å². The first-order valence-corrected chi connectivity index (χ1v) is 14.9. The molecule has 49 heavy (non-hydrogen) atoms. The molecule has 8 aromatic rings. The SMILES string of the molecule is C/C(=N\NC(=O)c1cc2ccccc2o1)c1nc2ccccc2[n-]1.C/C(=N\NC(=O)c1cc2ccccc2o1)c1nc2ccccc2[n-]1.[Co+2]. The van der Waals surface area contributed by atoms with Crippen molar-refractivity contribution in [2.45, 2.75) is 13.8 Å². The Morgan fingerprint density at radius 3 is 1.39 bits per heavy atom. The standard InChI is InChI=1S/2C18H14N4O2.Co/c2*1-11(17-19-13-7-3-4-8-14(13)20-17)21-22-18(23)16-10-12-6-2-5-9-15(12)24-16;/h2*2-10H,1H3,(H2,19,20,21,22,23);/q;;+2/p-2. The number of carbonyl (C=O) groups is 2. The van der Waals surface area contributed by atoms with E-state index in [-0.39, 0.29) is 28.3 Å². The number of carbonyl (C=O) groups excluding carboxylic acids is 2. The smallest absolute Gasteiger partial charge is 0.451 e. The van der Waals surface area contributed by atoms with Gasteiger partial charge < -0.3 is 28.8 Å². The van der Waals surface area contributed by atoms with Gasteiger partial charge >= 0.3 is 28.6 Å². The maximum Gasteiger partial charge on any atom is 2.00 e. The Morgan fingerprint density at radius 1 is 0.592 bits per heavy atom. The van der Waals surface area contributed by atoms with Crippen LogP contribution in [0.25, 0.3) is 44.0 Å². The first-order chi connectivity index (χ1) is 23.4. The van der Waals surface area contributed by atoms with Crippen molar-refractivity contribution in [3.63, 3.8) is 0 Å². The van der Waals surface area contributed by atoms with Gasteiger partial charge in [0, 0.05) is 10.8 Å². The summed E-state index contributed by atoms with van der Waals surface area (Å²) in [5.41, 5.74) is 10.5. The van der Waals surface area contributed by atoms with Crippen LogP contribution in [0.15, 0.2) is 128 Å². The quantitative estimate of drug-likeness (QED) is 0.154. The fraction of sp³-hybridized carbons (Fsp3) is 0.0556. The Bertz CT molecular complexity index is 2200. The van der Waals surface area contributed by atoms with Gasteiger partial charge in [0.2, 0.25) is 0 Å². The van der Waals surface area contributed by atoms with E-state index in [1.807, 2.05) is 97.1 Å². The molecule has 0 fully saturated rings. The topological polar surface area (TPSA) is 163 Å². The molecule has 0 saturated carbocycles. The molecule has 243 valence electrons. The molecule has 12 nitrogen and oxygen atoms in total. The second-order valence-corrected chi connectivity index (χ2v) is 10.6. The normalized spacial score (nSPS) is 11.7. The number of aromatic nitrogens is 4. The molecular formula is C36H26CoN8O4. The maximum atomic E-state index is 12.2. The van der Waals surface area contributed by atoms with Crippen LogP contribution < -0.4 is 20.8 Å². The van der Waals surface area contributed by atoms with E-state index in [2.05, 4.69) is 41.0 Å². The van der Waals surface area contributed by atoms with Crippen molar-refractivity contribution in [2.75, 3.05) is 0 Å². The van der Waals surface area contributed by atoms with Gasteiger partial charge in [-0.15, -0.1) is 0 Å². The van der Waals surface area contributed by atoms with E-state index in [1.54, 1.807) is 26.0 Å². The molecule has 4 heterocycles. The third kappa shape index (κ3) is 7.17. The molecular weight excluding hydrogens is 667 g/mol. The summed E-state index contributed by atoms with van der Waals surface area (Å²) in [7, 11) is 0. The Kier molecular flexibility index (Phi) is 9.46. The molecule has 4 aromatic heterocycles. The van der Waals surface area contributed by atoms with E-state index >= 15 is 0 Å². The fourth-order valence-electron chi connectivity index (χ4n) is 4.80. The van der Waals surface area contributed by atoms with Crippen LogP contribution in [-0.2, 0) is 16.8 Å². The van der Waals surface area contributed by atoms with E-state index in [0.29, 0.717) is 34.2 Å². The third-order valence-corrected chi connectivity index (χ3v) is 7.27. The van der Waals surface area contributed by atoms with Crippen LogP contribution in [-0.4, -0.2) is 33.2 Å². The zero-order chi connectivity index (χ0) is 33.0. The molecule has 0 bridgehead atoms. The van der Waals surface area contributed by atoms with E-state index < -0.39 is 11.8 Å². The van der Waals surface area contributed by atoms with Gasteiger partial charge in [0.15, 0.2) is 11.5 Å². The molecule has 4 aromatic carbocycles. The van der Waals surface area contributed by atoms with Gasteiger partial charge in [0.25, 0.3) is 0 Å². The molecule has 0 aliphatic rings. The number of furan rings is 2. The van der Waals surface area contributed by atoms with Gasteiger partial charge in [-0.25, -0.2) is 10.9 Å². The molecule has 2 N–H and O–H groups in total. The summed E-state index contributed by atoms with van der Waals surface area (Å²) in [5, 5.41) is 9.88. The Hall–Kier alpha value is -6.31. The number of nitrogens with zero attached hydrogens (tertiary/aromatic N) is 6. The predicted octanol–water partition coefficient (Wildman–Crippen LogP) is 6.18. The molecule has 0 aliphatic carbocycles. The van der Waals surface area contributed by atoms with Crippen molar-refractivity contribution in [1.82, 2.24) is 30.8 Å². The zero-order valence-electron chi connectivity index (χ0n) is 26.0. The average Bonchev–Trinajstić information content (AvgIpc) is 3.93. The van der Waals surface area contributed by atoms with Crippen molar-refractivity contribution in [2.24, 2.45) is 10.2 Å². The van der Waals surface area contributed by atoms with Crippen LogP contribution in [0, 0.1) is 0 Å². The number of nitrogens with one attached hydrogen (secondary N) is 2. The van der Waals surface area contributed by atoms with Crippen LogP contribution in [0.4, 0.5) is 0 Å². The molecule has 0 saturated heterocycles. The van der Waals surface area contributed by atoms with E-state index in [0.717, 1.165) is 32.8 Å². The molecule has 0 atom stereocenters. The molecule has 2 amide bonds. The first kappa shape index (κ1) is 32.6. The van der Waals surface area contributed by atoms with Gasteiger partial charge in [-0.05, 0) is 71.8 Å². The number of imidazole rings is 2. The number of rotatable bonds is 6. The van der Waals surface area contributed by atoms with Crippen LogP contribution in [0.3, 0.4) is 0 Å². The largest absolute Gasteiger partial charge is 2.00 e. The average molecular weight is 694 g/mol. The minimum absolute atomic E-state index is 0.